The average Bonchev–Trinajstić information content (AvgIpc) is 3.55. The van der Waals surface area contributed by atoms with E-state index in [4.69, 9.17) is 38.0 Å². The molecule has 0 saturated heterocycles. The minimum atomic E-state index is 0.0966. The van der Waals surface area contributed by atoms with Crippen LogP contribution in [0.4, 0.5) is 5.13 Å². The molecular formula is C23H17Cl2N3OS2. The summed E-state index contributed by atoms with van der Waals surface area (Å²) in [6.07, 6.45) is 0.774. The normalized spacial score (nSPS) is 15.9. The van der Waals surface area contributed by atoms with E-state index in [1.54, 1.807) is 29.8 Å². The van der Waals surface area contributed by atoms with Crippen molar-refractivity contribution in [1.82, 2.24) is 4.98 Å². The van der Waals surface area contributed by atoms with Crippen LogP contribution in [0.5, 0.6) is 5.75 Å². The molecule has 4 aromatic rings. The third kappa shape index (κ3) is 4.08. The number of aromatic nitrogens is 1. The largest absolute Gasteiger partial charge is 0.497 e. The van der Waals surface area contributed by atoms with Gasteiger partial charge in [-0.05, 0) is 53.4 Å². The zero-order valence-electron chi connectivity index (χ0n) is 16.5. The highest BCUT2D eigenvalue weighted by Gasteiger charge is 2.32. The van der Waals surface area contributed by atoms with Gasteiger partial charge < -0.3 is 4.74 Å². The van der Waals surface area contributed by atoms with E-state index in [0.717, 1.165) is 39.8 Å². The lowest BCUT2D eigenvalue weighted by Gasteiger charge is -2.19. The summed E-state index contributed by atoms with van der Waals surface area (Å²) >= 11 is 15.7. The third-order valence-corrected chi connectivity index (χ3v) is 7.65. The third-order valence-electron chi connectivity index (χ3n) is 5.11. The molecule has 8 heteroatoms. The molecule has 2 aromatic heterocycles. The molecule has 0 amide bonds. The number of ether oxygens (including phenoxy) is 1. The van der Waals surface area contributed by atoms with E-state index in [-0.39, 0.29) is 6.04 Å². The Balaban J connectivity index is 1.50. The maximum atomic E-state index is 6.26. The molecule has 0 radical (unpaired) electrons. The lowest BCUT2D eigenvalue weighted by Crippen LogP contribution is -2.17. The molecular weight excluding hydrogens is 469 g/mol. The van der Waals surface area contributed by atoms with Gasteiger partial charge in [0.15, 0.2) is 0 Å². The number of benzene rings is 2. The van der Waals surface area contributed by atoms with Gasteiger partial charge >= 0.3 is 0 Å². The monoisotopic (exact) mass is 485 g/mol. The van der Waals surface area contributed by atoms with Crippen molar-refractivity contribution in [1.29, 1.82) is 0 Å². The molecule has 0 spiro atoms. The first-order valence-electron chi connectivity index (χ1n) is 9.58. The van der Waals surface area contributed by atoms with Crippen molar-refractivity contribution in [2.45, 2.75) is 12.5 Å². The Morgan fingerprint density at radius 2 is 1.81 bits per heavy atom. The Labute approximate surface area is 198 Å². The van der Waals surface area contributed by atoms with Crippen molar-refractivity contribution < 1.29 is 4.74 Å². The van der Waals surface area contributed by atoms with E-state index >= 15 is 0 Å². The smallest absolute Gasteiger partial charge is 0.207 e. The molecule has 1 aliphatic rings. The molecule has 2 aromatic carbocycles. The van der Waals surface area contributed by atoms with Gasteiger partial charge in [-0.2, -0.15) is 5.10 Å². The molecule has 1 unspecified atom stereocenters. The van der Waals surface area contributed by atoms with Crippen molar-refractivity contribution in [2.75, 3.05) is 12.1 Å². The first kappa shape index (κ1) is 20.5. The summed E-state index contributed by atoms with van der Waals surface area (Å²) in [4.78, 5) is 6.14. The molecule has 0 fully saturated rings. The zero-order chi connectivity index (χ0) is 21.4. The van der Waals surface area contributed by atoms with Gasteiger partial charge in [-0.15, -0.1) is 22.7 Å². The number of halogens is 2. The first-order chi connectivity index (χ1) is 15.1. The average molecular weight is 486 g/mol. The molecule has 0 N–H and O–H groups in total. The Morgan fingerprint density at radius 3 is 2.52 bits per heavy atom. The van der Waals surface area contributed by atoms with Crippen molar-refractivity contribution in [3.8, 4) is 17.0 Å². The van der Waals surface area contributed by atoms with Crippen LogP contribution >= 0.6 is 45.9 Å². The Hall–Kier alpha value is -2.38. The predicted molar refractivity (Wildman–Crippen MR) is 131 cm³/mol. The fourth-order valence-corrected chi connectivity index (χ4v) is 5.45. The van der Waals surface area contributed by atoms with Crippen LogP contribution in [-0.4, -0.2) is 17.8 Å². The summed E-state index contributed by atoms with van der Waals surface area (Å²) in [7, 11) is 1.66. The molecule has 3 heterocycles. The van der Waals surface area contributed by atoms with Crippen LogP contribution in [0, 0.1) is 0 Å². The standard InChI is InChI=1S/C23H17Cl2N3OS2/c1-29-16-7-4-14(5-8-16)20-13-31-23(26-20)28-21(22-3-2-10-30-22)12-19(27-28)15-6-9-17(24)18(25)11-15/h2-11,13,21H,12H2,1H3. The second-order valence-corrected chi connectivity index (χ2v) is 9.63. The summed E-state index contributed by atoms with van der Waals surface area (Å²) in [6.45, 7) is 0. The summed E-state index contributed by atoms with van der Waals surface area (Å²) in [5, 5.41) is 13.1. The lowest BCUT2D eigenvalue weighted by atomic mass is 10.0. The molecule has 4 nitrogen and oxygen atoms in total. The fourth-order valence-electron chi connectivity index (χ4n) is 3.50. The Kier molecular flexibility index (Phi) is 5.71. The van der Waals surface area contributed by atoms with Crippen LogP contribution in [0.2, 0.25) is 10.0 Å². The summed E-state index contributed by atoms with van der Waals surface area (Å²) in [5.74, 6) is 0.826. The number of rotatable bonds is 5. The maximum absolute atomic E-state index is 6.26. The number of methoxy groups -OCH3 is 1. The van der Waals surface area contributed by atoms with Gasteiger partial charge in [0, 0.05) is 22.2 Å². The van der Waals surface area contributed by atoms with Crippen molar-refractivity contribution in [3.63, 3.8) is 0 Å². The van der Waals surface area contributed by atoms with Gasteiger partial charge in [0.2, 0.25) is 5.13 Å². The number of anilines is 1. The molecule has 0 bridgehead atoms. The molecule has 5 rings (SSSR count). The van der Waals surface area contributed by atoms with Crippen molar-refractivity contribution in [3.05, 3.63) is 85.8 Å². The highest BCUT2D eigenvalue weighted by atomic mass is 35.5. The van der Waals surface area contributed by atoms with Crippen molar-refractivity contribution in [2.24, 2.45) is 5.10 Å². The number of hydrogen-bond acceptors (Lipinski definition) is 6. The Bertz CT molecular complexity index is 1240. The lowest BCUT2D eigenvalue weighted by molar-refractivity contribution is 0.415. The zero-order valence-corrected chi connectivity index (χ0v) is 19.6. The van der Waals surface area contributed by atoms with E-state index in [1.165, 1.54) is 4.88 Å². The van der Waals surface area contributed by atoms with Crippen molar-refractivity contribution >= 4 is 56.7 Å². The highest BCUT2D eigenvalue weighted by molar-refractivity contribution is 7.14. The summed E-state index contributed by atoms with van der Waals surface area (Å²) in [5.41, 5.74) is 3.91. The minimum Gasteiger partial charge on any atom is -0.497 e. The number of thiophene rings is 1. The first-order valence-corrected chi connectivity index (χ1v) is 12.1. The SMILES string of the molecule is COc1ccc(-c2csc(N3N=C(c4ccc(Cl)c(Cl)c4)CC3c3cccs3)n2)cc1. The summed E-state index contributed by atoms with van der Waals surface area (Å²) in [6, 6.07) is 17.9. The van der Waals surface area contributed by atoms with Crippen LogP contribution in [-0.2, 0) is 0 Å². The van der Waals surface area contributed by atoms with E-state index in [0.29, 0.717) is 10.0 Å². The highest BCUT2D eigenvalue weighted by Crippen LogP contribution is 2.41. The number of nitrogens with zero attached hydrogens (tertiary/aromatic N) is 3. The summed E-state index contributed by atoms with van der Waals surface area (Å²) < 4.78 is 5.26. The van der Waals surface area contributed by atoms with E-state index < -0.39 is 0 Å². The second-order valence-electron chi connectivity index (χ2n) is 7.00. The fraction of sp³-hybridized carbons (Fsp3) is 0.130. The number of hydrogen-bond donors (Lipinski definition) is 0. The van der Waals surface area contributed by atoms with Gasteiger partial charge in [-0.1, -0.05) is 35.3 Å². The molecule has 156 valence electrons. The topological polar surface area (TPSA) is 37.7 Å². The van der Waals surface area contributed by atoms with Crippen LogP contribution in [0.15, 0.2) is 70.5 Å². The van der Waals surface area contributed by atoms with E-state index in [2.05, 4.69) is 22.9 Å². The van der Waals surface area contributed by atoms with Gasteiger partial charge in [-0.3, -0.25) is 0 Å². The molecule has 1 atom stereocenters. The quantitative estimate of drug-likeness (QED) is 0.292. The van der Waals surface area contributed by atoms with Gasteiger partial charge in [-0.25, -0.2) is 9.99 Å². The van der Waals surface area contributed by atoms with Crippen LogP contribution in [0.1, 0.15) is 22.9 Å². The van der Waals surface area contributed by atoms with E-state index in [1.807, 2.05) is 47.5 Å². The minimum absolute atomic E-state index is 0.0966. The van der Waals surface area contributed by atoms with Crippen LogP contribution < -0.4 is 9.75 Å². The van der Waals surface area contributed by atoms with E-state index in [9.17, 15) is 0 Å². The van der Waals surface area contributed by atoms with Crippen LogP contribution in [0.25, 0.3) is 11.3 Å². The molecule has 1 aliphatic heterocycles. The molecule has 0 saturated carbocycles. The van der Waals surface area contributed by atoms with Crippen LogP contribution in [0.3, 0.4) is 0 Å². The van der Waals surface area contributed by atoms with Gasteiger partial charge in [0.1, 0.15) is 5.75 Å². The predicted octanol–water partition coefficient (Wildman–Crippen LogP) is 7.54. The maximum Gasteiger partial charge on any atom is 0.207 e. The van der Waals surface area contributed by atoms with Gasteiger partial charge in [0.05, 0.1) is 34.6 Å². The second kappa shape index (κ2) is 8.63. The molecule has 31 heavy (non-hydrogen) atoms. The van der Waals surface area contributed by atoms with Gasteiger partial charge in [0.25, 0.3) is 0 Å². The number of hydrazone groups is 1. The number of thiazole rings is 1. The Morgan fingerprint density at radius 1 is 1.00 bits per heavy atom. The molecule has 0 aliphatic carbocycles.